The zero-order valence-corrected chi connectivity index (χ0v) is 15.2. The van der Waals surface area contributed by atoms with Crippen molar-refractivity contribution in [3.8, 4) is 0 Å². The van der Waals surface area contributed by atoms with Gasteiger partial charge in [-0.2, -0.15) is 4.98 Å². The molecule has 1 aromatic carbocycles. The van der Waals surface area contributed by atoms with Crippen LogP contribution in [0.25, 0.3) is 11.1 Å². The fraction of sp³-hybridized carbons (Fsp3) is 0.450. The van der Waals surface area contributed by atoms with Gasteiger partial charge in [-0.05, 0) is 31.4 Å². The standard InChI is InChI=1S/C20H23N5O2/c21-20-23-16(14-7-10-26-12-14)11-18(24-20)25-8-5-13(6-9-25)19-22-15-3-1-2-4-17(15)27-19/h1-4,11,13-14H,5-10,12H2,(H2,21,23,24). The maximum atomic E-state index is 5.98. The highest BCUT2D eigenvalue weighted by Crippen LogP contribution is 2.33. The minimum absolute atomic E-state index is 0.325. The molecule has 7 nitrogen and oxygen atoms in total. The number of nitrogen functional groups attached to an aromatic ring is 1. The van der Waals surface area contributed by atoms with Crippen LogP contribution in [0, 0.1) is 0 Å². The lowest BCUT2D eigenvalue weighted by atomic mass is 9.96. The number of ether oxygens (including phenoxy) is 1. The van der Waals surface area contributed by atoms with Gasteiger partial charge in [-0.15, -0.1) is 0 Å². The van der Waals surface area contributed by atoms with Crippen molar-refractivity contribution in [2.24, 2.45) is 0 Å². The average Bonchev–Trinajstić information content (AvgIpc) is 3.37. The van der Waals surface area contributed by atoms with Crippen LogP contribution in [0.4, 0.5) is 11.8 Å². The van der Waals surface area contributed by atoms with Crippen LogP contribution >= 0.6 is 0 Å². The quantitative estimate of drug-likeness (QED) is 0.763. The second-order valence-corrected chi connectivity index (χ2v) is 7.35. The highest BCUT2D eigenvalue weighted by atomic mass is 16.5. The number of fused-ring (bicyclic) bond motifs is 1. The third kappa shape index (κ3) is 3.23. The fourth-order valence-electron chi connectivity index (χ4n) is 4.03. The van der Waals surface area contributed by atoms with Crippen molar-refractivity contribution in [1.29, 1.82) is 0 Å². The predicted octanol–water partition coefficient (Wildman–Crippen LogP) is 3.09. The summed E-state index contributed by atoms with van der Waals surface area (Å²) in [5.74, 6) is 2.78. The SMILES string of the molecule is Nc1nc(C2CCOC2)cc(N2CCC(c3nc4ccccc4o3)CC2)n1. The summed E-state index contributed by atoms with van der Waals surface area (Å²) in [6.07, 6.45) is 2.97. The monoisotopic (exact) mass is 365 g/mol. The van der Waals surface area contributed by atoms with Gasteiger partial charge in [0.15, 0.2) is 11.5 Å². The third-order valence-corrected chi connectivity index (χ3v) is 5.58. The van der Waals surface area contributed by atoms with Crippen molar-refractivity contribution < 1.29 is 9.15 Å². The van der Waals surface area contributed by atoms with Crippen molar-refractivity contribution in [3.05, 3.63) is 41.9 Å². The van der Waals surface area contributed by atoms with Crippen molar-refractivity contribution in [3.63, 3.8) is 0 Å². The first-order valence-electron chi connectivity index (χ1n) is 9.59. The van der Waals surface area contributed by atoms with E-state index in [1.54, 1.807) is 0 Å². The van der Waals surface area contributed by atoms with Crippen LogP contribution in [0.5, 0.6) is 0 Å². The lowest BCUT2D eigenvalue weighted by Crippen LogP contribution is -2.34. The summed E-state index contributed by atoms with van der Waals surface area (Å²) in [5, 5.41) is 0. The molecule has 0 aliphatic carbocycles. The Morgan fingerprint density at radius 2 is 1.85 bits per heavy atom. The Hall–Kier alpha value is -2.67. The van der Waals surface area contributed by atoms with Gasteiger partial charge in [-0.3, -0.25) is 0 Å². The van der Waals surface area contributed by atoms with Gasteiger partial charge in [0, 0.05) is 37.6 Å². The lowest BCUT2D eigenvalue weighted by Gasteiger charge is -2.31. The topological polar surface area (TPSA) is 90.3 Å². The van der Waals surface area contributed by atoms with Crippen molar-refractivity contribution in [2.45, 2.75) is 31.1 Å². The molecule has 0 radical (unpaired) electrons. The van der Waals surface area contributed by atoms with Gasteiger partial charge in [0.05, 0.1) is 12.3 Å². The van der Waals surface area contributed by atoms with Crippen molar-refractivity contribution >= 4 is 22.9 Å². The Labute approximate surface area is 157 Å². The Bertz CT molecular complexity index is 909. The number of benzene rings is 1. The highest BCUT2D eigenvalue weighted by Gasteiger charge is 2.27. The first kappa shape index (κ1) is 16.5. The number of nitrogens with zero attached hydrogens (tertiary/aromatic N) is 4. The highest BCUT2D eigenvalue weighted by molar-refractivity contribution is 5.72. The Kier molecular flexibility index (Phi) is 4.16. The largest absolute Gasteiger partial charge is 0.440 e. The number of para-hydroxylation sites is 2. The Morgan fingerprint density at radius 1 is 1.00 bits per heavy atom. The van der Waals surface area contributed by atoms with Gasteiger partial charge in [0.1, 0.15) is 11.3 Å². The van der Waals surface area contributed by atoms with E-state index in [9.17, 15) is 0 Å². The predicted molar refractivity (Wildman–Crippen MR) is 103 cm³/mol. The van der Waals surface area contributed by atoms with Gasteiger partial charge in [0.2, 0.25) is 5.95 Å². The molecule has 2 N–H and O–H groups in total. The van der Waals surface area contributed by atoms with Crippen LogP contribution < -0.4 is 10.6 Å². The molecule has 27 heavy (non-hydrogen) atoms. The van der Waals surface area contributed by atoms with Crippen LogP contribution in [-0.4, -0.2) is 41.3 Å². The van der Waals surface area contributed by atoms with E-state index in [0.29, 0.717) is 17.8 Å². The summed E-state index contributed by atoms with van der Waals surface area (Å²) < 4.78 is 11.5. The molecule has 4 heterocycles. The molecule has 1 atom stereocenters. The number of oxazole rings is 1. The molecule has 2 aliphatic rings. The molecule has 5 rings (SSSR count). The number of hydrogen-bond donors (Lipinski definition) is 1. The van der Waals surface area contributed by atoms with E-state index in [0.717, 1.165) is 74.1 Å². The lowest BCUT2D eigenvalue weighted by molar-refractivity contribution is 0.193. The maximum absolute atomic E-state index is 5.98. The molecule has 0 spiro atoms. The van der Waals surface area contributed by atoms with Gasteiger partial charge in [-0.1, -0.05) is 12.1 Å². The minimum Gasteiger partial charge on any atom is -0.440 e. The van der Waals surface area contributed by atoms with Crippen LogP contribution in [0.3, 0.4) is 0 Å². The number of hydrogen-bond acceptors (Lipinski definition) is 7. The number of nitrogens with two attached hydrogens (primary N) is 1. The smallest absolute Gasteiger partial charge is 0.222 e. The van der Waals surface area contributed by atoms with Crippen molar-refractivity contribution in [1.82, 2.24) is 15.0 Å². The molecule has 0 amide bonds. The van der Waals surface area contributed by atoms with Crippen LogP contribution in [-0.2, 0) is 4.74 Å². The Morgan fingerprint density at radius 3 is 2.63 bits per heavy atom. The average molecular weight is 365 g/mol. The summed E-state index contributed by atoms with van der Waals surface area (Å²) in [4.78, 5) is 15.9. The van der Waals surface area contributed by atoms with Crippen LogP contribution in [0.15, 0.2) is 34.7 Å². The second-order valence-electron chi connectivity index (χ2n) is 7.35. The van der Waals surface area contributed by atoms with Gasteiger partial charge in [-0.25, -0.2) is 9.97 Å². The summed E-state index contributed by atoms with van der Waals surface area (Å²) in [7, 11) is 0. The molecule has 3 aromatic rings. The molecule has 2 saturated heterocycles. The number of anilines is 2. The Balaban J connectivity index is 1.31. The number of rotatable bonds is 3. The second kappa shape index (κ2) is 6.81. The summed E-state index contributed by atoms with van der Waals surface area (Å²) in [6.45, 7) is 3.32. The molecule has 1 unspecified atom stereocenters. The molecule has 0 bridgehead atoms. The van der Waals surface area contributed by atoms with E-state index in [2.05, 4.69) is 25.9 Å². The van der Waals surface area contributed by atoms with E-state index in [1.807, 2.05) is 24.3 Å². The van der Waals surface area contributed by atoms with Crippen LogP contribution in [0.2, 0.25) is 0 Å². The molecule has 2 aliphatic heterocycles. The fourth-order valence-corrected chi connectivity index (χ4v) is 4.03. The van der Waals surface area contributed by atoms with E-state index in [4.69, 9.17) is 14.9 Å². The molecule has 2 aromatic heterocycles. The van der Waals surface area contributed by atoms with Crippen molar-refractivity contribution in [2.75, 3.05) is 36.9 Å². The number of aromatic nitrogens is 3. The van der Waals surface area contributed by atoms with E-state index in [-0.39, 0.29) is 0 Å². The van der Waals surface area contributed by atoms with Gasteiger partial charge >= 0.3 is 0 Å². The molecule has 2 fully saturated rings. The van der Waals surface area contributed by atoms with Crippen LogP contribution in [0.1, 0.15) is 42.7 Å². The molecular weight excluding hydrogens is 342 g/mol. The maximum Gasteiger partial charge on any atom is 0.222 e. The van der Waals surface area contributed by atoms with E-state index < -0.39 is 0 Å². The molecule has 0 saturated carbocycles. The molecule has 140 valence electrons. The first-order chi connectivity index (χ1) is 13.3. The van der Waals surface area contributed by atoms with Gasteiger partial charge < -0.3 is 19.8 Å². The zero-order valence-electron chi connectivity index (χ0n) is 15.2. The van der Waals surface area contributed by atoms with E-state index in [1.165, 1.54) is 0 Å². The minimum atomic E-state index is 0.325. The molecule has 7 heteroatoms. The van der Waals surface area contributed by atoms with E-state index >= 15 is 0 Å². The first-order valence-corrected chi connectivity index (χ1v) is 9.59. The summed E-state index contributed by atoms with van der Waals surface area (Å²) in [5.41, 5.74) is 8.77. The summed E-state index contributed by atoms with van der Waals surface area (Å²) >= 11 is 0. The zero-order chi connectivity index (χ0) is 18.2. The number of piperidine rings is 1. The summed E-state index contributed by atoms with van der Waals surface area (Å²) in [6, 6.07) is 10.0. The third-order valence-electron chi connectivity index (χ3n) is 5.58. The van der Waals surface area contributed by atoms with Gasteiger partial charge in [0.25, 0.3) is 0 Å². The normalized spacial score (nSPS) is 21.2. The molecular formula is C20H23N5O2.